The third kappa shape index (κ3) is 6.00. The van der Waals surface area contributed by atoms with Crippen LogP contribution in [0.15, 0.2) is 59.1 Å². The van der Waals surface area contributed by atoms with Gasteiger partial charge in [0, 0.05) is 10.9 Å². The number of ether oxygens (including phenoxy) is 2. The fraction of sp³-hybridized carbons (Fsp3) is 0.211. The molecule has 2 aromatic carbocycles. The van der Waals surface area contributed by atoms with Gasteiger partial charge in [-0.05, 0) is 23.8 Å². The summed E-state index contributed by atoms with van der Waals surface area (Å²) in [5, 5.41) is 2.53. The van der Waals surface area contributed by atoms with Crippen molar-refractivity contribution in [3.8, 4) is 0 Å². The van der Waals surface area contributed by atoms with Crippen LogP contribution in [-0.4, -0.2) is 37.6 Å². The molecule has 0 heterocycles. The first kappa shape index (κ1) is 19.7. The number of hydrogen-bond acceptors (Lipinski definition) is 5. The van der Waals surface area contributed by atoms with Crippen molar-refractivity contribution in [2.75, 3.05) is 13.7 Å². The van der Waals surface area contributed by atoms with Gasteiger partial charge in [0.15, 0.2) is 6.61 Å². The van der Waals surface area contributed by atoms with Crippen molar-refractivity contribution in [3.63, 3.8) is 0 Å². The number of carbonyl (C=O) groups is 3. The monoisotopic (exact) mass is 419 g/mol. The molecule has 1 atom stereocenters. The number of nitrogens with one attached hydrogen (secondary N) is 1. The largest absolute Gasteiger partial charge is 0.467 e. The Morgan fingerprint density at radius 3 is 2.46 bits per heavy atom. The standard InChI is InChI=1S/C19H18BrNO5/c1-25-19(24)16(10-13-6-3-2-4-7-13)21-17(22)12-26-18(23)14-8-5-9-15(20)11-14/h2-9,11,16H,10,12H2,1H3,(H,21,22). The second-order valence-corrected chi connectivity index (χ2v) is 6.34. The van der Waals surface area contributed by atoms with Gasteiger partial charge >= 0.3 is 11.9 Å². The molecule has 6 nitrogen and oxygen atoms in total. The maximum Gasteiger partial charge on any atom is 0.338 e. The van der Waals surface area contributed by atoms with Crippen LogP contribution >= 0.6 is 15.9 Å². The fourth-order valence-electron chi connectivity index (χ4n) is 2.25. The first-order chi connectivity index (χ1) is 12.5. The van der Waals surface area contributed by atoms with E-state index in [0.29, 0.717) is 5.56 Å². The quantitative estimate of drug-likeness (QED) is 0.697. The molecule has 0 fully saturated rings. The van der Waals surface area contributed by atoms with E-state index in [0.717, 1.165) is 10.0 Å². The number of methoxy groups -OCH3 is 1. The van der Waals surface area contributed by atoms with Gasteiger partial charge in [0.25, 0.3) is 5.91 Å². The molecule has 1 unspecified atom stereocenters. The highest BCUT2D eigenvalue weighted by Crippen LogP contribution is 2.12. The Kier molecular flexibility index (Phi) is 7.35. The van der Waals surface area contributed by atoms with Crippen LogP contribution in [0.2, 0.25) is 0 Å². The predicted octanol–water partition coefficient (Wildman–Crippen LogP) is 2.51. The molecule has 1 N–H and O–H groups in total. The summed E-state index contributed by atoms with van der Waals surface area (Å²) in [6.45, 7) is -0.492. The van der Waals surface area contributed by atoms with E-state index in [9.17, 15) is 14.4 Å². The van der Waals surface area contributed by atoms with E-state index < -0.39 is 30.5 Å². The van der Waals surface area contributed by atoms with Gasteiger partial charge in [-0.15, -0.1) is 0 Å². The lowest BCUT2D eigenvalue weighted by Gasteiger charge is -2.16. The molecule has 0 bridgehead atoms. The zero-order valence-electron chi connectivity index (χ0n) is 14.1. The first-order valence-electron chi connectivity index (χ1n) is 7.83. The number of carbonyl (C=O) groups excluding carboxylic acids is 3. The van der Waals surface area contributed by atoms with Crippen LogP contribution in [-0.2, 0) is 25.5 Å². The van der Waals surface area contributed by atoms with Crippen LogP contribution in [0.3, 0.4) is 0 Å². The van der Waals surface area contributed by atoms with Crippen molar-refractivity contribution >= 4 is 33.8 Å². The van der Waals surface area contributed by atoms with E-state index in [2.05, 4.69) is 21.2 Å². The number of halogens is 1. The number of hydrogen-bond donors (Lipinski definition) is 1. The highest BCUT2D eigenvalue weighted by Gasteiger charge is 2.22. The Hall–Kier alpha value is -2.67. The molecular formula is C19H18BrNO5. The van der Waals surface area contributed by atoms with Gasteiger partial charge in [0.05, 0.1) is 12.7 Å². The molecule has 2 aromatic rings. The molecule has 0 aliphatic rings. The van der Waals surface area contributed by atoms with E-state index >= 15 is 0 Å². The summed E-state index contributed by atoms with van der Waals surface area (Å²) in [6.07, 6.45) is 0.277. The summed E-state index contributed by atoms with van der Waals surface area (Å²) in [5.74, 6) is -1.78. The summed E-state index contributed by atoms with van der Waals surface area (Å²) in [5.41, 5.74) is 1.19. The van der Waals surface area contributed by atoms with Gasteiger partial charge in [-0.1, -0.05) is 52.3 Å². The Labute approximate surface area is 159 Å². The van der Waals surface area contributed by atoms with Crippen molar-refractivity contribution in [2.24, 2.45) is 0 Å². The third-order valence-corrected chi connectivity index (χ3v) is 3.99. The normalized spacial score (nSPS) is 11.3. The SMILES string of the molecule is COC(=O)C(Cc1ccccc1)NC(=O)COC(=O)c1cccc(Br)c1. The zero-order valence-corrected chi connectivity index (χ0v) is 15.7. The van der Waals surface area contributed by atoms with E-state index in [4.69, 9.17) is 9.47 Å². The Morgan fingerprint density at radius 1 is 1.08 bits per heavy atom. The summed E-state index contributed by atoms with van der Waals surface area (Å²) in [6, 6.07) is 15.0. The van der Waals surface area contributed by atoms with E-state index in [1.54, 1.807) is 24.3 Å². The van der Waals surface area contributed by atoms with Gasteiger partial charge in [0.1, 0.15) is 6.04 Å². The number of benzene rings is 2. The molecule has 0 saturated carbocycles. The maximum absolute atomic E-state index is 12.1. The Morgan fingerprint density at radius 2 is 1.81 bits per heavy atom. The minimum absolute atomic E-state index is 0.277. The number of rotatable bonds is 7. The summed E-state index contributed by atoms with van der Waals surface area (Å²) in [7, 11) is 1.25. The van der Waals surface area contributed by atoms with Gasteiger partial charge in [0.2, 0.25) is 0 Å². The smallest absolute Gasteiger partial charge is 0.338 e. The van der Waals surface area contributed by atoms with Gasteiger partial charge < -0.3 is 14.8 Å². The fourth-order valence-corrected chi connectivity index (χ4v) is 2.65. The molecule has 0 aromatic heterocycles. The molecule has 26 heavy (non-hydrogen) atoms. The molecule has 1 amide bonds. The maximum atomic E-state index is 12.1. The average Bonchev–Trinajstić information content (AvgIpc) is 2.65. The lowest BCUT2D eigenvalue weighted by atomic mass is 10.1. The van der Waals surface area contributed by atoms with E-state index in [-0.39, 0.29) is 6.42 Å². The first-order valence-corrected chi connectivity index (χ1v) is 8.62. The molecule has 7 heteroatoms. The molecule has 0 saturated heterocycles. The zero-order chi connectivity index (χ0) is 18.9. The van der Waals surface area contributed by atoms with Crippen LogP contribution in [0.25, 0.3) is 0 Å². The highest BCUT2D eigenvalue weighted by atomic mass is 79.9. The van der Waals surface area contributed by atoms with Crippen molar-refractivity contribution in [1.29, 1.82) is 0 Å². The summed E-state index contributed by atoms with van der Waals surface area (Å²) < 4.78 is 10.4. The average molecular weight is 420 g/mol. The molecule has 2 rings (SSSR count). The van der Waals surface area contributed by atoms with Crippen molar-refractivity contribution in [2.45, 2.75) is 12.5 Å². The van der Waals surface area contributed by atoms with Crippen molar-refractivity contribution in [1.82, 2.24) is 5.32 Å². The molecule has 0 spiro atoms. The minimum Gasteiger partial charge on any atom is -0.467 e. The van der Waals surface area contributed by atoms with Crippen LogP contribution in [0.5, 0.6) is 0 Å². The predicted molar refractivity (Wildman–Crippen MR) is 98.5 cm³/mol. The minimum atomic E-state index is -0.862. The van der Waals surface area contributed by atoms with E-state index in [1.807, 2.05) is 30.3 Å². The lowest BCUT2D eigenvalue weighted by molar-refractivity contribution is -0.145. The molecule has 0 radical (unpaired) electrons. The molecular weight excluding hydrogens is 402 g/mol. The number of esters is 2. The van der Waals surface area contributed by atoms with Crippen LogP contribution in [0, 0.1) is 0 Å². The molecule has 0 aliphatic heterocycles. The summed E-state index contributed by atoms with van der Waals surface area (Å²) in [4.78, 5) is 35.9. The second-order valence-electron chi connectivity index (χ2n) is 5.42. The Bertz CT molecular complexity index is 779. The van der Waals surface area contributed by atoms with E-state index in [1.165, 1.54) is 7.11 Å². The van der Waals surface area contributed by atoms with Gasteiger partial charge in [-0.3, -0.25) is 4.79 Å². The molecule has 136 valence electrons. The Balaban J connectivity index is 1.92. The third-order valence-electron chi connectivity index (χ3n) is 3.50. The van der Waals surface area contributed by atoms with Crippen LogP contribution in [0.4, 0.5) is 0 Å². The van der Waals surface area contributed by atoms with Crippen molar-refractivity contribution in [3.05, 3.63) is 70.2 Å². The number of amides is 1. The molecule has 0 aliphatic carbocycles. The topological polar surface area (TPSA) is 81.7 Å². The van der Waals surface area contributed by atoms with Gasteiger partial charge in [-0.25, -0.2) is 9.59 Å². The second kappa shape index (κ2) is 9.72. The van der Waals surface area contributed by atoms with Crippen molar-refractivity contribution < 1.29 is 23.9 Å². The van der Waals surface area contributed by atoms with Crippen LogP contribution in [0.1, 0.15) is 15.9 Å². The van der Waals surface area contributed by atoms with Gasteiger partial charge in [-0.2, -0.15) is 0 Å². The lowest BCUT2D eigenvalue weighted by Crippen LogP contribution is -2.44. The highest BCUT2D eigenvalue weighted by molar-refractivity contribution is 9.10. The summed E-state index contributed by atoms with van der Waals surface area (Å²) >= 11 is 3.26. The van der Waals surface area contributed by atoms with Crippen LogP contribution < -0.4 is 5.32 Å².